The maximum atomic E-state index is 3.24. The van der Waals surface area contributed by atoms with Crippen molar-refractivity contribution in [2.75, 3.05) is 7.05 Å². The van der Waals surface area contributed by atoms with Crippen molar-refractivity contribution in [3.05, 3.63) is 32.9 Å². The number of hydrogen-bond acceptors (Lipinski definition) is 1. The molecule has 0 heterocycles. The van der Waals surface area contributed by atoms with E-state index in [2.05, 4.69) is 60.0 Å². The molecular formula is C10H14IN. The predicted octanol–water partition coefficient (Wildman–Crippen LogP) is 2.88. The maximum Gasteiger partial charge on any atom is 0.0299 e. The minimum Gasteiger partial charge on any atom is -0.313 e. The zero-order chi connectivity index (χ0) is 9.14. The molecule has 1 atom stereocenters. The molecule has 1 unspecified atom stereocenters. The van der Waals surface area contributed by atoms with Crippen LogP contribution in [0.3, 0.4) is 0 Å². The summed E-state index contributed by atoms with van der Waals surface area (Å²) in [7, 11) is 1.99. The van der Waals surface area contributed by atoms with Crippen molar-refractivity contribution in [1.82, 2.24) is 5.32 Å². The van der Waals surface area contributed by atoms with Gasteiger partial charge in [-0.25, -0.2) is 0 Å². The van der Waals surface area contributed by atoms with E-state index in [9.17, 15) is 0 Å². The molecular weight excluding hydrogens is 261 g/mol. The summed E-state index contributed by atoms with van der Waals surface area (Å²) in [4.78, 5) is 0. The van der Waals surface area contributed by atoms with Crippen molar-refractivity contribution in [1.29, 1.82) is 0 Å². The molecule has 0 amide bonds. The first-order valence-electron chi connectivity index (χ1n) is 4.09. The van der Waals surface area contributed by atoms with Gasteiger partial charge in [0.25, 0.3) is 0 Å². The smallest absolute Gasteiger partial charge is 0.0299 e. The summed E-state index contributed by atoms with van der Waals surface area (Å²) >= 11 is 2.40. The van der Waals surface area contributed by atoms with Gasteiger partial charge in [-0.15, -0.1) is 0 Å². The van der Waals surface area contributed by atoms with E-state index in [-0.39, 0.29) is 0 Å². The van der Waals surface area contributed by atoms with Gasteiger partial charge in [0.2, 0.25) is 0 Å². The van der Waals surface area contributed by atoms with E-state index in [1.165, 1.54) is 14.7 Å². The topological polar surface area (TPSA) is 12.0 Å². The lowest BCUT2D eigenvalue weighted by molar-refractivity contribution is 0.648. The van der Waals surface area contributed by atoms with Crippen molar-refractivity contribution in [2.24, 2.45) is 0 Å². The Kier molecular flexibility index (Phi) is 3.53. The van der Waals surface area contributed by atoms with Gasteiger partial charge in [-0.05, 0) is 54.6 Å². The minimum absolute atomic E-state index is 0.441. The Morgan fingerprint density at radius 2 is 2.08 bits per heavy atom. The Hall–Kier alpha value is -0.0900. The van der Waals surface area contributed by atoms with Crippen LogP contribution in [0, 0.1) is 10.5 Å². The second-order valence-electron chi connectivity index (χ2n) is 2.99. The molecule has 0 aliphatic rings. The van der Waals surface area contributed by atoms with E-state index in [0.29, 0.717) is 6.04 Å². The van der Waals surface area contributed by atoms with Gasteiger partial charge in [0, 0.05) is 9.61 Å². The lowest BCUT2D eigenvalue weighted by Gasteiger charge is -2.13. The highest BCUT2D eigenvalue weighted by Gasteiger charge is 2.07. The SMILES string of the molecule is CNC(C)c1cccc(C)c1I. The number of benzene rings is 1. The van der Waals surface area contributed by atoms with Crippen molar-refractivity contribution >= 4 is 22.6 Å². The molecule has 0 aliphatic heterocycles. The average molecular weight is 275 g/mol. The fourth-order valence-electron chi connectivity index (χ4n) is 1.16. The molecule has 0 saturated heterocycles. The number of rotatable bonds is 2. The summed E-state index contributed by atoms with van der Waals surface area (Å²) in [5, 5.41) is 3.24. The molecule has 0 fully saturated rings. The Morgan fingerprint density at radius 1 is 1.42 bits per heavy atom. The van der Waals surface area contributed by atoms with Crippen LogP contribution in [-0.4, -0.2) is 7.05 Å². The van der Waals surface area contributed by atoms with Gasteiger partial charge >= 0.3 is 0 Å². The van der Waals surface area contributed by atoms with E-state index in [4.69, 9.17) is 0 Å². The van der Waals surface area contributed by atoms with Crippen LogP contribution in [0.1, 0.15) is 24.1 Å². The molecule has 0 aromatic heterocycles. The highest BCUT2D eigenvalue weighted by Crippen LogP contribution is 2.22. The number of hydrogen-bond donors (Lipinski definition) is 1. The highest BCUT2D eigenvalue weighted by atomic mass is 127. The van der Waals surface area contributed by atoms with Gasteiger partial charge in [-0.1, -0.05) is 18.2 Å². The van der Waals surface area contributed by atoms with Crippen LogP contribution in [0.15, 0.2) is 18.2 Å². The average Bonchev–Trinajstić information content (AvgIpc) is 2.08. The lowest BCUT2D eigenvalue weighted by atomic mass is 10.1. The molecule has 0 bridgehead atoms. The first kappa shape index (κ1) is 9.99. The second-order valence-corrected chi connectivity index (χ2v) is 4.07. The van der Waals surface area contributed by atoms with Crippen molar-refractivity contribution in [2.45, 2.75) is 19.9 Å². The van der Waals surface area contributed by atoms with E-state index in [1.54, 1.807) is 0 Å². The summed E-state index contributed by atoms with van der Waals surface area (Å²) in [6.07, 6.45) is 0. The van der Waals surface area contributed by atoms with E-state index < -0.39 is 0 Å². The minimum atomic E-state index is 0.441. The zero-order valence-electron chi connectivity index (χ0n) is 7.69. The Morgan fingerprint density at radius 3 is 2.67 bits per heavy atom. The van der Waals surface area contributed by atoms with Gasteiger partial charge in [-0.3, -0.25) is 0 Å². The normalized spacial score (nSPS) is 13.0. The van der Waals surface area contributed by atoms with Crippen LogP contribution in [-0.2, 0) is 0 Å². The lowest BCUT2D eigenvalue weighted by Crippen LogP contribution is -2.13. The first-order chi connectivity index (χ1) is 5.66. The first-order valence-corrected chi connectivity index (χ1v) is 5.17. The largest absolute Gasteiger partial charge is 0.313 e. The summed E-state index contributed by atoms with van der Waals surface area (Å²) in [5.41, 5.74) is 2.74. The molecule has 1 aromatic rings. The summed E-state index contributed by atoms with van der Waals surface area (Å²) in [5.74, 6) is 0. The van der Waals surface area contributed by atoms with Crippen LogP contribution in [0.4, 0.5) is 0 Å². The summed E-state index contributed by atoms with van der Waals surface area (Å²) in [6.45, 7) is 4.32. The quantitative estimate of drug-likeness (QED) is 0.818. The third-order valence-corrected chi connectivity index (χ3v) is 3.59. The maximum absolute atomic E-state index is 3.24. The molecule has 2 heteroatoms. The number of halogens is 1. The van der Waals surface area contributed by atoms with Crippen LogP contribution in [0.2, 0.25) is 0 Å². The fourth-order valence-corrected chi connectivity index (χ4v) is 1.99. The van der Waals surface area contributed by atoms with E-state index in [0.717, 1.165) is 0 Å². The molecule has 0 spiro atoms. The second kappa shape index (κ2) is 4.23. The third-order valence-electron chi connectivity index (χ3n) is 2.12. The molecule has 1 N–H and O–H groups in total. The highest BCUT2D eigenvalue weighted by molar-refractivity contribution is 14.1. The summed E-state index contributed by atoms with van der Waals surface area (Å²) in [6, 6.07) is 6.88. The number of aryl methyl sites for hydroxylation is 1. The van der Waals surface area contributed by atoms with Gasteiger partial charge in [0.15, 0.2) is 0 Å². The summed E-state index contributed by atoms with van der Waals surface area (Å²) < 4.78 is 1.37. The zero-order valence-corrected chi connectivity index (χ0v) is 9.84. The molecule has 1 nitrogen and oxygen atoms in total. The molecule has 1 aromatic carbocycles. The van der Waals surface area contributed by atoms with Gasteiger partial charge in [0.1, 0.15) is 0 Å². The number of nitrogens with one attached hydrogen (secondary N) is 1. The van der Waals surface area contributed by atoms with Crippen LogP contribution >= 0.6 is 22.6 Å². The van der Waals surface area contributed by atoms with Crippen LogP contribution in [0.25, 0.3) is 0 Å². The van der Waals surface area contributed by atoms with Gasteiger partial charge in [-0.2, -0.15) is 0 Å². The van der Waals surface area contributed by atoms with Crippen LogP contribution < -0.4 is 5.32 Å². The predicted molar refractivity (Wildman–Crippen MR) is 61.4 cm³/mol. The van der Waals surface area contributed by atoms with Crippen LogP contribution in [0.5, 0.6) is 0 Å². The monoisotopic (exact) mass is 275 g/mol. The molecule has 0 radical (unpaired) electrons. The molecule has 1 rings (SSSR count). The Bertz CT molecular complexity index is 271. The fraction of sp³-hybridized carbons (Fsp3) is 0.400. The van der Waals surface area contributed by atoms with Gasteiger partial charge < -0.3 is 5.32 Å². The molecule has 0 saturated carbocycles. The van der Waals surface area contributed by atoms with Crippen molar-refractivity contribution in [3.8, 4) is 0 Å². The van der Waals surface area contributed by atoms with E-state index >= 15 is 0 Å². The Labute approximate surface area is 87.7 Å². The van der Waals surface area contributed by atoms with Gasteiger partial charge in [0.05, 0.1) is 0 Å². The van der Waals surface area contributed by atoms with Crippen molar-refractivity contribution < 1.29 is 0 Å². The van der Waals surface area contributed by atoms with E-state index in [1.807, 2.05) is 7.05 Å². The molecule has 66 valence electrons. The third kappa shape index (κ3) is 1.98. The van der Waals surface area contributed by atoms with Crippen molar-refractivity contribution in [3.63, 3.8) is 0 Å². The molecule has 12 heavy (non-hydrogen) atoms. The standard InChI is InChI=1S/C10H14IN/c1-7-5-4-6-9(10(7)11)8(2)12-3/h4-6,8,12H,1-3H3. The Balaban J connectivity index is 3.07. The molecule has 0 aliphatic carbocycles.